The van der Waals surface area contributed by atoms with Gasteiger partial charge in [0, 0.05) is 37.7 Å². The van der Waals surface area contributed by atoms with Gasteiger partial charge in [-0.05, 0) is 53.5 Å². The molecule has 1 aliphatic rings. The van der Waals surface area contributed by atoms with E-state index < -0.39 is 0 Å². The van der Waals surface area contributed by atoms with Crippen LogP contribution in [0.4, 0.5) is 5.69 Å². The fourth-order valence-corrected chi connectivity index (χ4v) is 4.33. The molecular formula is C28H40N2O2. The topological polar surface area (TPSA) is 41.6 Å². The molecule has 32 heavy (non-hydrogen) atoms. The third-order valence-corrected chi connectivity index (χ3v) is 5.75. The predicted octanol–water partition coefficient (Wildman–Crippen LogP) is 5.64. The van der Waals surface area contributed by atoms with E-state index in [0.29, 0.717) is 12.3 Å². The molecule has 0 saturated carbocycles. The average Bonchev–Trinajstić information content (AvgIpc) is 3.18. The van der Waals surface area contributed by atoms with Crippen LogP contribution in [0.5, 0.6) is 5.75 Å². The molecule has 4 heteroatoms. The highest BCUT2D eigenvalue weighted by atomic mass is 16.5. The van der Waals surface area contributed by atoms with Crippen molar-refractivity contribution < 1.29 is 9.53 Å². The lowest BCUT2D eigenvalue weighted by Crippen LogP contribution is -2.41. The quantitative estimate of drug-likeness (QED) is 0.524. The zero-order chi connectivity index (χ0) is 23.1. The molecule has 2 aromatic carbocycles. The SMILES string of the molecule is CC(C)CN(CC[C@@H](Cc1ccccc1)NC(=O)CC(C)(C)C)c1ccc2c(c1)CCO2. The van der Waals surface area contributed by atoms with Gasteiger partial charge in [0.05, 0.1) is 6.61 Å². The van der Waals surface area contributed by atoms with Crippen LogP contribution in [0.1, 0.15) is 58.6 Å². The molecular weight excluding hydrogens is 396 g/mol. The zero-order valence-corrected chi connectivity index (χ0v) is 20.5. The van der Waals surface area contributed by atoms with Crippen molar-refractivity contribution in [3.8, 4) is 5.75 Å². The van der Waals surface area contributed by atoms with Crippen molar-refractivity contribution in [1.29, 1.82) is 0 Å². The van der Waals surface area contributed by atoms with Crippen molar-refractivity contribution in [3.63, 3.8) is 0 Å². The van der Waals surface area contributed by atoms with Gasteiger partial charge in [-0.3, -0.25) is 4.79 Å². The summed E-state index contributed by atoms with van der Waals surface area (Å²) in [5, 5.41) is 3.34. The van der Waals surface area contributed by atoms with E-state index >= 15 is 0 Å². The minimum atomic E-state index is -0.0163. The van der Waals surface area contributed by atoms with E-state index in [1.165, 1.54) is 16.8 Å². The number of nitrogens with zero attached hydrogens (tertiary/aromatic N) is 1. The Labute approximate surface area is 194 Å². The molecule has 1 aliphatic heterocycles. The number of anilines is 1. The maximum Gasteiger partial charge on any atom is 0.220 e. The number of hydrogen-bond donors (Lipinski definition) is 1. The van der Waals surface area contributed by atoms with Crippen LogP contribution in [-0.2, 0) is 17.6 Å². The molecule has 1 atom stereocenters. The molecule has 1 amide bonds. The summed E-state index contributed by atoms with van der Waals surface area (Å²) in [6, 6.07) is 17.2. The lowest BCUT2D eigenvalue weighted by Gasteiger charge is -2.30. The lowest BCUT2D eigenvalue weighted by atomic mass is 9.91. The number of nitrogens with one attached hydrogen (secondary N) is 1. The molecule has 1 N–H and O–H groups in total. The summed E-state index contributed by atoms with van der Waals surface area (Å²) in [6.45, 7) is 13.5. The highest BCUT2D eigenvalue weighted by Gasteiger charge is 2.21. The molecule has 3 rings (SSSR count). The van der Waals surface area contributed by atoms with Gasteiger partial charge < -0.3 is 15.0 Å². The molecule has 0 aromatic heterocycles. The summed E-state index contributed by atoms with van der Waals surface area (Å²) in [7, 11) is 0. The van der Waals surface area contributed by atoms with Gasteiger partial charge >= 0.3 is 0 Å². The van der Waals surface area contributed by atoms with E-state index in [-0.39, 0.29) is 17.4 Å². The Hall–Kier alpha value is -2.49. The second-order valence-electron chi connectivity index (χ2n) is 10.7. The second-order valence-corrected chi connectivity index (χ2v) is 10.7. The van der Waals surface area contributed by atoms with Gasteiger partial charge in [0.15, 0.2) is 0 Å². The lowest BCUT2D eigenvalue weighted by molar-refractivity contribution is -0.123. The van der Waals surface area contributed by atoms with Gasteiger partial charge in [-0.1, -0.05) is 65.0 Å². The summed E-state index contributed by atoms with van der Waals surface area (Å²) >= 11 is 0. The van der Waals surface area contributed by atoms with Gasteiger partial charge in [-0.2, -0.15) is 0 Å². The van der Waals surface area contributed by atoms with Gasteiger partial charge in [0.2, 0.25) is 5.91 Å². The molecule has 174 valence electrons. The Morgan fingerprint density at radius 2 is 1.88 bits per heavy atom. The van der Waals surface area contributed by atoms with Crippen LogP contribution in [0.15, 0.2) is 48.5 Å². The first-order valence-corrected chi connectivity index (χ1v) is 12.0. The van der Waals surface area contributed by atoms with Crippen molar-refractivity contribution in [2.75, 3.05) is 24.6 Å². The Morgan fingerprint density at radius 1 is 1.12 bits per heavy atom. The van der Waals surface area contributed by atoms with Crippen LogP contribution in [0.2, 0.25) is 0 Å². The third-order valence-electron chi connectivity index (χ3n) is 5.75. The van der Waals surface area contributed by atoms with Crippen molar-refractivity contribution in [3.05, 3.63) is 59.7 Å². The minimum absolute atomic E-state index is 0.0163. The standard InChI is InChI=1S/C28H40N2O2/c1-21(2)20-30(25-11-12-26-23(18-25)14-16-32-26)15-13-24(17-22-9-7-6-8-10-22)29-27(31)19-28(3,4)5/h6-12,18,21,24H,13-17,19-20H2,1-5H3,(H,29,31)/t24-/m0/s1. The fraction of sp³-hybridized carbons (Fsp3) is 0.536. The smallest absolute Gasteiger partial charge is 0.220 e. The normalized spacial score (nSPS) is 14.1. The van der Waals surface area contributed by atoms with Crippen LogP contribution >= 0.6 is 0 Å². The molecule has 0 aliphatic carbocycles. The zero-order valence-electron chi connectivity index (χ0n) is 20.5. The van der Waals surface area contributed by atoms with E-state index in [2.05, 4.69) is 87.3 Å². The van der Waals surface area contributed by atoms with Crippen molar-refractivity contribution in [2.45, 2.75) is 66.3 Å². The van der Waals surface area contributed by atoms with Crippen LogP contribution in [0.25, 0.3) is 0 Å². The summed E-state index contributed by atoms with van der Waals surface area (Å²) in [5.74, 6) is 1.72. The molecule has 0 radical (unpaired) electrons. The van der Waals surface area contributed by atoms with Crippen LogP contribution in [0.3, 0.4) is 0 Å². The molecule has 1 heterocycles. The highest BCUT2D eigenvalue weighted by Crippen LogP contribution is 2.30. The van der Waals surface area contributed by atoms with Crippen molar-refractivity contribution >= 4 is 11.6 Å². The Bertz CT molecular complexity index is 871. The third kappa shape index (κ3) is 7.58. The van der Waals surface area contributed by atoms with Gasteiger partial charge in [-0.15, -0.1) is 0 Å². The first-order chi connectivity index (χ1) is 15.2. The van der Waals surface area contributed by atoms with Crippen molar-refractivity contribution in [1.82, 2.24) is 5.32 Å². The number of benzene rings is 2. The highest BCUT2D eigenvalue weighted by molar-refractivity contribution is 5.76. The summed E-state index contributed by atoms with van der Waals surface area (Å²) in [6.07, 6.45) is 3.28. The fourth-order valence-electron chi connectivity index (χ4n) is 4.33. The molecule has 2 aromatic rings. The Kier molecular flexibility index (Phi) is 8.22. The number of amides is 1. The van der Waals surface area contributed by atoms with E-state index in [1.807, 2.05) is 6.07 Å². The second kappa shape index (κ2) is 10.9. The van der Waals surface area contributed by atoms with Gasteiger partial charge in [0.25, 0.3) is 0 Å². The van der Waals surface area contributed by atoms with Gasteiger partial charge in [-0.25, -0.2) is 0 Å². The number of fused-ring (bicyclic) bond motifs is 1. The number of ether oxygens (including phenoxy) is 1. The van der Waals surface area contributed by atoms with Gasteiger partial charge in [0.1, 0.15) is 5.75 Å². The molecule has 4 nitrogen and oxygen atoms in total. The molecule has 0 bridgehead atoms. The maximum absolute atomic E-state index is 12.7. The molecule has 0 saturated heterocycles. The molecule has 0 spiro atoms. The number of rotatable bonds is 10. The number of hydrogen-bond acceptors (Lipinski definition) is 3. The average molecular weight is 437 g/mol. The summed E-state index contributed by atoms with van der Waals surface area (Å²) < 4.78 is 5.70. The number of carbonyl (C=O) groups is 1. The largest absolute Gasteiger partial charge is 0.493 e. The summed E-state index contributed by atoms with van der Waals surface area (Å²) in [5.41, 5.74) is 3.80. The first kappa shape index (κ1) is 24.2. The predicted molar refractivity (Wildman–Crippen MR) is 133 cm³/mol. The van der Waals surface area contributed by atoms with E-state index in [9.17, 15) is 4.79 Å². The first-order valence-electron chi connectivity index (χ1n) is 12.0. The minimum Gasteiger partial charge on any atom is -0.493 e. The summed E-state index contributed by atoms with van der Waals surface area (Å²) in [4.78, 5) is 15.2. The number of carbonyl (C=O) groups excluding carboxylic acids is 1. The monoisotopic (exact) mass is 436 g/mol. The van der Waals surface area contributed by atoms with Crippen LogP contribution in [0, 0.1) is 11.3 Å². The van der Waals surface area contributed by atoms with E-state index in [4.69, 9.17) is 4.74 Å². The van der Waals surface area contributed by atoms with Crippen LogP contribution in [-0.4, -0.2) is 31.6 Å². The Morgan fingerprint density at radius 3 is 2.56 bits per heavy atom. The Balaban J connectivity index is 1.72. The van der Waals surface area contributed by atoms with Crippen LogP contribution < -0.4 is 15.0 Å². The molecule has 0 unspecified atom stereocenters. The van der Waals surface area contributed by atoms with E-state index in [0.717, 1.165) is 44.7 Å². The molecule has 0 fully saturated rings. The maximum atomic E-state index is 12.7. The van der Waals surface area contributed by atoms with E-state index in [1.54, 1.807) is 0 Å². The van der Waals surface area contributed by atoms with Crippen molar-refractivity contribution in [2.24, 2.45) is 11.3 Å².